The number of ether oxygens (including phenoxy) is 1. The minimum atomic E-state index is -0.131. The van der Waals surface area contributed by atoms with Crippen molar-refractivity contribution in [2.45, 2.75) is 6.92 Å². The molecule has 0 bridgehead atoms. The first kappa shape index (κ1) is 21.3. The predicted molar refractivity (Wildman–Crippen MR) is 128 cm³/mol. The molecule has 0 saturated carbocycles. The molecule has 1 fully saturated rings. The summed E-state index contributed by atoms with van der Waals surface area (Å²) in [5.41, 5.74) is 5.25. The van der Waals surface area contributed by atoms with Crippen LogP contribution in [0.4, 0.5) is 17.1 Å². The van der Waals surface area contributed by atoms with Gasteiger partial charge in [-0.1, -0.05) is 0 Å². The Bertz CT molecular complexity index is 1130. The Balaban J connectivity index is 1.35. The van der Waals surface area contributed by atoms with E-state index in [0.717, 1.165) is 54.6 Å². The molecule has 6 nitrogen and oxygen atoms in total. The molecule has 1 saturated heterocycles. The molecule has 1 aliphatic heterocycles. The highest BCUT2D eigenvalue weighted by Crippen LogP contribution is 2.23. The van der Waals surface area contributed by atoms with Crippen LogP contribution < -0.4 is 19.9 Å². The van der Waals surface area contributed by atoms with E-state index in [-0.39, 0.29) is 5.91 Å². The molecule has 0 atom stereocenters. The van der Waals surface area contributed by atoms with E-state index in [0.29, 0.717) is 11.1 Å². The van der Waals surface area contributed by atoms with Crippen molar-refractivity contribution in [2.75, 3.05) is 48.4 Å². The van der Waals surface area contributed by atoms with E-state index in [4.69, 9.17) is 10.00 Å². The zero-order valence-corrected chi connectivity index (χ0v) is 18.3. The van der Waals surface area contributed by atoms with Crippen molar-refractivity contribution in [3.63, 3.8) is 0 Å². The first-order valence-corrected chi connectivity index (χ1v) is 10.6. The average molecular weight is 427 g/mol. The number of nitrogens with zero attached hydrogens (tertiary/aromatic N) is 3. The summed E-state index contributed by atoms with van der Waals surface area (Å²) in [5.74, 6) is 0.608. The van der Waals surface area contributed by atoms with Crippen LogP contribution in [0.5, 0.6) is 5.75 Å². The highest BCUT2D eigenvalue weighted by Gasteiger charge is 2.18. The molecule has 162 valence electrons. The number of carbonyl (C=O) groups is 1. The fourth-order valence-electron chi connectivity index (χ4n) is 3.94. The van der Waals surface area contributed by atoms with Crippen LogP contribution in [0.1, 0.15) is 21.5 Å². The van der Waals surface area contributed by atoms with Crippen LogP contribution in [0.2, 0.25) is 0 Å². The summed E-state index contributed by atoms with van der Waals surface area (Å²) in [6.07, 6.45) is 0. The van der Waals surface area contributed by atoms with Gasteiger partial charge in [-0.3, -0.25) is 4.79 Å². The number of hydrogen-bond donors (Lipinski definition) is 1. The molecule has 6 heteroatoms. The molecule has 0 aliphatic carbocycles. The highest BCUT2D eigenvalue weighted by atomic mass is 16.5. The van der Waals surface area contributed by atoms with Gasteiger partial charge in [0.15, 0.2) is 0 Å². The summed E-state index contributed by atoms with van der Waals surface area (Å²) in [4.78, 5) is 17.3. The van der Waals surface area contributed by atoms with E-state index in [1.165, 1.54) is 0 Å². The number of rotatable bonds is 5. The van der Waals surface area contributed by atoms with Crippen molar-refractivity contribution in [1.29, 1.82) is 5.26 Å². The van der Waals surface area contributed by atoms with Crippen LogP contribution in [0, 0.1) is 18.3 Å². The summed E-state index contributed by atoms with van der Waals surface area (Å²) in [6, 6.07) is 23.3. The second kappa shape index (κ2) is 9.44. The fourth-order valence-corrected chi connectivity index (χ4v) is 3.94. The second-order valence-electron chi connectivity index (χ2n) is 7.81. The number of anilines is 3. The van der Waals surface area contributed by atoms with Gasteiger partial charge < -0.3 is 19.9 Å². The lowest BCUT2D eigenvalue weighted by Gasteiger charge is -2.37. The van der Waals surface area contributed by atoms with E-state index in [1.807, 2.05) is 61.5 Å². The molecule has 1 heterocycles. The average Bonchev–Trinajstić information content (AvgIpc) is 2.84. The maximum Gasteiger partial charge on any atom is 0.255 e. The summed E-state index contributed by atoms with van der Waals surface area (Å²) in [7, 11) is 1.61. The number of hydrogen-bond acceptors (Lipinski definition) is 5. The number of piperazine rings is 1. The zero-order chi connectivity index (χ0) is 22.5. The molecule has 1 aliphatic rings. The number of benzene rings is 3. The maximum absolute atomic E-state index is 12.6. The van der Waals surface area contributed by atoms with Gasteiger partial charge in [0.1, 0.15) is 5.75 Å². The van der Waals surface area contributed by atoms with Crippen LogP contribution in [-0.4, -0.2) is 39.2 Å². The Labute approximate surface area is 188 Å². The van der Waals surface area contributed by atoms with Gasteiger partial charge in [-0.25, -0.2) is 0 Å². The molecule has 1 amide bonds. The van der Waals surface area contributed by atoms with Crippen molar-refractivity contribution < 1.29 is 9.53 Å². The fraction of sp³-hybridized carbons (Fsp3) is 0.231. The molecule has 0 unspecified atom stereocenters. The molecule has 4 rings (SSSR count). The number of aryl methyl sites for hydroxylation is 1. The van der Waals surface area contributed by atoms with Gasteiger partial charge in [0.2, 0.25) is 0 Å². The third-order valence-corrected chi connectivity index (χ3v) is 5.81. The quantitative estimate of drug-likeness (QED) is 0.653. The second-order valence-corrected chi connectivity index (χ2v) is 7.81. The van der Waals surface area contributed by atoms with E-state index in [2.05, 4.69) is 21.2 Å². The number of methoxy groups -OCH3 is 1. The molecular weight excluding hydrogens is 400 g/mol. The van der Waals surface area contributed by atoms with Crippen molar-refractivity contribution in [3.8, 4) is 11.8 Å². The van der Waals surface area contributed by atoms with Gasteiger partial charge in [-0.05, 0) is 79.2 Å². The number of nitrogens with one attached hydrogen (secondary N) is 1. The summed E-state index contributed by atoms with van der Waals surface area (Å²) >= 11 is 0. The van der Waals surface area contributed by atoms with Crippen molar-refractivity contribution in [3.05, 3.63) is 83.4 Å². The van der Waals surface area contributed by atoms with E-state index in [1.54, 1.807) is 19.2 Å². The van der Waals surface area contributed by atoms with Gasteiger partial charge in [0, 0.05) is 48.8 Å². The van der Waals surface area contributed by atoms with Crippen LogP contribution in [-0.2, 0) is 0 Å². The van der Waals surface area contributed by atoms with E-state index >= 15 is 0 Å². The molecular formula is C26H26N4O2. The first-order chi connectivity index (χ1) is 15.6. The molecule has 32 heavy (non-hydrogen) atoms. The Morgan fingerprint density at radius 1 is 0.906 bits per heavy atom. The molecule has 3 aromatic carbocycles. The van der Waals surface area contributed by atoms with Crippen LogP contribution in [0.15, 0.2) is 66.7 Å². The van der Waals surface area contributed by atoms with Crippen molar-refractivity contribution >= 4 is 23.0 Å². The lowest BCUT2D eigenvalue weighted by atomic mass is 10.1. The number of carbonyl (C=O) groups excluding carboxylic acids is 1. The van der Waals surface area contributed by atoms with Gasteiger partial charge in [-0.2, -0.15) is 5.26 Å². The largest absolute Gasteiger partial charge is 0.497 e. The van der Waals surface area contributed by atoms with Crippen LogP contribution in [0.25, 0.3) is 0 Å². The summed E-state index contributed by atoms with van der Waals surface area (Å²) < 4.78 is 5.21. The monoisotopic (exact) mass is 426 g/mol. The zero-order valence-electron chi connectivity index (χ0n) is 18.3. The topological polar surface area (TPSA) is 68.6 Å². The number of amides is 1. The molecule has 3 aromatic rings. The lowest BCUT2D eigenvalue weighted by molar-refractivity contribution is 0.102. The normalized spacial score (nSPS) is 13.4. The van der Waals surface area contributed by atoms with E-state index < -0.39 is 0 Å². The molecule has 1 N–H and O–H groups in total. The van der Waals surface area contributed by atoms with Gasteiger partial charge in [0.05, 0.1) is 18.7 Å². The smallest absolute Gasteiger partial charge is 0.255 e. The molecule has 0 radical (unpaired) electrons. The maximum atomic E-state index is 12.6. The Morgan fingerprint density at radius 3 is 1.97 bits per heavy atom. The van der Waals surface area contributed by atoms with Crippen molar-refractivity contribution in [2.24, 2.45) is 0 Å². The van der Waals surface area contributed by atoms with E-state index in [9.17, 15) is 4.79 Å². The van der Waals surface area contributed by atoms with Gasteiger partial charge >= 0.3 is 0 Å². The van der Waals surface area contributed by atoms with Gasteiger partial charge in [0.25, 0.3) is 5.91 Å². The van der Waals surface area contributed by atoms with Crippen LogP contribution in [0.3, 0.4) is 0 Å². The molecule has 0 spiro atoms. The summed E-state index contributed by atoms with van der Waals surface area (Å²) in [5, 5.41) is 11.9. The lowest BCUT2D eigenvalue weighted by Crippen LogP contribution is -2.46. The third-order valence-electron chi connectivity index (χ3n) is 5.81. The summed E-state index contributed by atoms with van der Waals surface area (Å²) in [6.45, 7) is 5.56. The van der Waals surface area contributed by atoms with Crippen LogP contribution >= 0.6 is 0 Å². The van der Waals surface area contributed by atoms with Crippen molar-refractivity contribution in [1.82, 2.24) is 0 Å². The number of nitriles is 1. The third kappa shape index (κ3) is 4.68. The standard InChI is InChI=1S/C26H26N4O2/c1-19-17-24(32-2)11-12-25(19)26(31)28-21-5-9-23(10-6-21)30-15-13-29(14-16-30)22-7-3-20(18-27)4-8-22/h3-12,17H,13-16H2,1-2H3,(H,28,31). The molecule has 0 aromatic heterocycles. The van der Waals surface area contributed by atoms with Gasteiger partial charge in [-0.15, -0.1) is 0 Å². The minimum absolute atomic E-state index is 0.131. The predicted octanol–water partition coefficient (Wildman–Crippen LogP) is 4.45. The first-order valence-electron chi connectivity index (χ1n) is 10.6. The highest BCUT2D eigenvalue weighted by molar-refractivity contribution is 6.05. The SMILES string of the molecule is COc1ccc(C(=O)Nc2ccc(N3CCN(c4ccc(C#N)cc4)CC3)cc2)c(C)c1. The Morgan fingerprint density at radius 2 is 1.47 bits per heavy atom. The minimum Gasteiger partial charge on any atom is -0.497 e. The Kier molecular flexibility index (Phi) is 6.27. The Hall–Kier alpha value is -3.98.